The molecule has 0 atom stereocenters. The van der Waals surface area contributed by atoms with Gasteiger partial charge in [0.05, 0.1) is 13.7 Å². The SMILES string of the molecule is CCNC(=NCc1nc(C(F)(F)F)cs1)N(C)Cc1ccc(OC)cc1.I. The fourth-order valence-electron chi connectivity index (χ4n) is 2.21. The summed E-state index contributed by atoms with van der Waals surface area (Å²) in [7, 11) is 3.48. The molecule has 0 aliphatic heterocycles. The lowest BCUT2D eigenvalue weighted by atomic mass is 10.2. The van der Waals surface area contributed by atoms with Crippen LogP contribution in [0.1, 0.15) is 23.2 Å². The number of ether oxygens (including phenoxy) is 1. The number of aliphatic imine (C=N–C) groups is 1. The van der Waals surface area contributed by atoms with Crippen molar-refractivity contribution in [2.45, 2.75) is 26.2 Å². The maximum absolute atomic E-state index is 12.6. The third-order valence-corrected chi connectivity index (χ3v) is 4.32. The molecule has 0 unspecified atom stereocenters. The van der Waals surface area contributed by atoms with E-state index in [-0.39, 0.29) is 30.5 Å². The summed E-state index contributed by atoms with van der Waals surface area (Å²) < 4.78 is 43.0. The molecule has 1 N–H and O–H groups in total. The van der Waals surface area contributed by atoms with E-state index in [9.17, 15) is 13.2 Å². The van der Waals surface area contributed by atoms with Gasteiger partial charge in [0, 0.05) is 25.5 Å². The predicted molar refractivity (Wildman–Crippen MR) is 112 cm³/mol. The van der Waals surface area contributed by atoms with Gasteiger partial charge in [-0.2, -0.15) is 13.2 Å². The van der Waals surface area contributed by atoms with Gasteiger partial charge in [-0.15, -0.1) is 35.3 Å². The standard InChI is InChI=1S/C17H21F3N4OS.HI/c1-4-21-16(22-9-15-23-14(11-26-15)17(18,19)20)24(2)10-12-5-7-13(25-3)8-6-12;/h5-8,11H,4,9-10H2,1-3H3,(H,21,22);1H. The van der Waals surface area contributed by atoms with Gasteiger partial charge in [-0.25, -0.2) is 9.98 Å². The summed E-state index contributed by atoms with van der Waals surface area (Å²) in [6, 6.07) is 7.66. The molecular weight excluding hydrogens is 492 g/mol. The number of nitrogens with one attached hydrogen (secondary N) is 1. The fourth-order valence-corrected chi connectivity index (χ4v) is 2.93. The van der Waals surface area contributed by atoms with Gasteiger partial charge in [0.15, 0.2) is 11.7 Å². The van der Waals surface area contributed by atoms with Crippen molar-refractivity contribution in [3.05, 3.63) is 45.9 Å². The van der Waals surface area contributed by atoms with Crippen molar-refractivity contribution >= 4 is 41.3 Å². The maximum Gasteiger partial charge on any atom is 0.434 e. The Balaban J connectivity index is 0.00000364. The minimum atomic E-state index is -4.42. The molecule has 0 amide bonds. The van der Waals surface area contributed by atoms with Gasteiger partial charge in [0.25, 0.3) is 0 Å². The number of rotatable bonds is 6. The molecule has 2 rings (SSSR count). The lowest BCUT2D eigenvalue weighted by Gasteiger charge is -2.22. The van der Waals surface area contributed by atoms with Crippen LogP contribution in [0.2, 0.25) is 0 Å². The maximum atomic E-state index is 12.6. The Kier molecular flexibility index (Phi) is 9.30. The molecule has 10 heteroatoms. The second-order valence-corrected chi connectivity index (χ2v) is 6.44. The van der Waals surface area contributed by atoms with E-state index in [0.717, 1.165) is 28.0 Å². The second-order valence-electron chi connectivity index (χ2n) is 5.50. The first-order chi connectivity index (χ1) is 12.3. The number of guanidine groups is 1. The number of aromatic nitrogens is 1. The fraction of sp³-hybridized carbons (Fsp3) is 0.412. The van der Waals surface area contributed by atoms with Crippen LogP contribution in [0.4, 0.5) is 13.2 Å². The van der Waals surface area contributed by atoms with Crippen molar-refractivity contribution in [3.8, 4) is 5.75 Å². The van der Waals surface area contributed by atoms with E-state index < -0.39 is 11.9 Å². The minimum Gasteiger partial charge on any atom is -0.497 e. The lowest BCUT2D eigenvalue weighted by Crippen LogP contribution is -2.38. The van der Waals surface area contributed by atoms with Gasteiger partial charge in [-0.1, -0.05) is 12.1 Å². The molecule has 0 bridgehead atoms. The number of halogens is 4. The van der Waals surface area contributed by atoms with E-state index in [1.807, 2.05) is 43.1 Å². The summed E-state index contributed by atoms with van der Waals surface area (Å²) in [5.74, 6) is 1.38. The van der Waals surface area contributed by atoms with Gasteiger partial charge in [0.2, 0.25) is 0 Å². The van der Waals surface area contributed by atoms with Crippen molar-refractivity contribution in [1.82, 2.24) is 15.2 Å². The molecule has 1 heterocycles. The highest BCUT2D eigenvalue weighted by Crippen LogP contribution is 2.30. The van der Waals surface area contributed by atoms with Gasteiger partial charge in [-0.05, 0) is 24.6 Å². The van der Waals surface area contributed by atoms with Crippen molar-refractivity contribution in [2.75, 3.05) is 20.7 Å². The van der Waals surface area contributed by atoms with E-state index in [1.54, 1.807) is 7.11 Å². The van der Waals surface area contributed by atoms with Crippen LogP contribution < -0.4 is 10.1 Å². The molecule has 0 radical (unpaired) electrons. The van der Waals surface area contributed by atoms with Gasteiger partial charge in [0.1, 0.15) is 10.8 Å². The Morgan fingerprint density at radius 1 is 1.30 bits per heavy atom. The van der Waals surface area contributed by atoms with Crippen molar-refractivity contribution < 1.29 is 17.9 Å². The monoisotopic (exact) mass is 514 g/mol. The summed E-state index contributed by atoms with van der Waals surface area (Å²) in [6.45, 7) is 3.27. The summed E-state index contributed by atoms with van der Waals surface area (Å²) in [4.78, 5) is 9.90. The predicted octanol–water partition coefficient (Wildman–Crippen LogP) is 4.39. The molecular formula is C17H22F3IN4OS. The average molecular weight is 514 g/mol. The molecule has 150 valence electrons. The third kappa shape index (κ3) is 7.17. The van der Waals surface area contributed by atoms with Crippen LogP contribution in [-0.4, -0.2) is 36.5 Å². The van der Waals surface area contributed by atoms with Crippen LogP contribution in [0.5, 0.6) is 5.75 Å². The summed E-state index contributed by atoms with van der Waals surface area (Å²) >= 11 is 0.958. The number of methoxy groups -OCH3 is 1. The van der Waals surface area contributed by atoms with Gasteiger partial charge >= 0.3 is 6.18 Å². The molecule has 2 aromatic rings. The molecule has 1 aromatic carbocycles. The van der Waals surface area contributed by atoms with E-state index in [1.165, 1.54) is 0 Å². The highest BCUT2D eigenvalue weighted by Gasteiger charge is 2.33. The zero-order valence-electron chi connectivity index (χ0n) is 15.2. The van der Waals surface area contributed by atoms with E-state index in [4.69, 9.17) is 4.74 Å². The van der Waals surface area contributed by atoms with Crippen LogP contribution in [0.25, 0.3) is 0 Å². The van der Waals surface area contributed by atoms with E-state index in [0.29, 0.717) is 24.1 Å². The average Bonchev–Trinajstić information content (AvgIpc) is 3.08. The molecule has 5 nitrogen and oxygen atoms in total. The Morgan fingerprint density at radius 2 is 1.96 bits per heavy atom. The Labute approximate surface area is 177 Å². The normalized spacial score (nSPS) is 11.7. The third-order valence-electron chi connectivity index (χ3n) is 3.48. The molecule has 0 saturated heterocycles. The first-order valence-corrected chi connectivity index (χ1v) is 8.85. The molecule has 0 aliphatic rings. The summed E-state index contributed by atoms with van der Waals surface area (Å²) in [6.07, 6.45) is -4.42. The summed E-state index contributed by atoms with van der Waals surface area (Å²) in [5.41, 5.74) is 0.191. The number of benzene rings is 1. The topological polar surface area (TPSA) is 49.8 Å². The summed E-state index contributed by atoms with van der Waals surface area (Å²) in [5, 5.41) is 4.48. The Bertz CT molecular complexity index is 735. The molecule has 0 aliphatic carbocycles. The first kappa shape index (κ1) is 23.5. The van der Waals surface area contributed by atoms with E-state index in [2.05, 4.69) is 15.3 Å². The number of alkyl halides is 3. The zero-order valence-corrected chi connectivity index (χ0v) is 18.4. The van der Waals surface area contributed by atoms with Crippen LogP contribution in [-0.2, 0) is 19.3 Å². The molecule has 1 aromatic heterocycles. The van der Waals surface area contributed by atoms with E-state index >= 15 is 0 Å². The van der Waals surface area contributed by atoms with Crippen LogP contribution >= 0.6 is 35.3 Å². The number of hydrogen-bond acceptors (Lipinski definition) is 4. The van der Waals surface area contributed by atoms with Crippen molar-refractivity contribution in [1.29, 1.82) is 0 Å². The number of hydrogen-bond donors (Lipinski definition) is 1. The number of nitrogens with zero attached hydrogens (tertiary/aromatic N) is 3. The largest absolute Gasteiger partial charge is 0.497 e. The Morgan fingerprint density at radius 3 is 2.48 bits per heavy atom. The molecule has 0 saturated carbocycles. The first-order valence-electron chi connectivity index (χ1n) is 7.97. The highest BCUT2D eigenvalue weighted by atomic mass is 127. The Hall–Kier alpha value is -1.56. The second kappa shape index (κ2) is 10.7. The van der Waals surface area contributed by atoms with Gasteiger partial charge < -0.3 is 15.0 Å². The van der Waals surface area contributed by atoms with Crippen molar-refractivity contribution in [3.63, 3.8) is 0 Å². The highest BCUT2D eigenvalue weighted by molar-refractivity contribution is 14.0. The molecule has 0 fully saturated rings. The van der Waals surface area contributed by atoms with Crippen LogP contribution in [0, 0.1) is 0 Å². The quantitative estimate of drug-likeness (QED) is 0.353. The molecule has 0 spiro atoms. The van der Waals surface area contributed by atoms with Crippen molar-refractivity contribution in [2.24, 2.45) is 4.99 Å². The van der Waals surface area contributed by atoms with Crippen LogP contribution in [0.3, 0.4) is 0 Å². The smallest absolute Gasteiger partial charge is 0.434 e. The lowest BCUT2D eigenvalue weighted by molar-refractivity contribution is -0.140. The van der Waals surface area contributed by atoms with Crippen LogP contribution in [0.15, 0.2) is 34.6 Å². The van der Waals surface area contributed by atoms with Gasteiger partial charge in [-0.3, -0.25) is 0 Å². The number of thiazole rings is 1. The minimum absolute atomic E-state index is 0. The zero-order chi connectivity index (χ0) is 19.2. The molecule has 27 heavy (non-hydrogen) atoms.